The van der Waals surface area contributed by atoms with Gasteiger partial charge < -0.3 is 15.1 Å². The third kappa shape index (κ3) is 4.69. The average molecular weight is 450 g/mol. The molecule has 8 heteroatoms. The van der Waals surface area contributed by atoms with E-state index in [1.54, 1.807) is 28.3 Å². The standard InChI is InChI=1S/C25H31N5O3/c1-3-28(4-2)24(32)19-10-11-20-22(14-19)30(25(33)21-9-5-6-13-29(20)21)17-23(31)27-16-18-8-7-12-26-15-18/h7-8,10-12,14-15,21H,3-6,9,13,16-17H2,1-2H3,(H,27,31)/t21-/m1/s1. The van der Waals surface area contributed by atoms with Crippen LogP contribution in [0.5, 0.6) is 0 Å². The molecule has 2 aliphatic rings. The van der Waals surface area contributed by atoms with E-state index in [1.807, 2.05) is 38.1 Å². The Labute approximate surface area is 194 Å². The normalized spacial score (nSPS) is 17.3. The minimum atomic E-state index is -0.262. The van der Waals surface area contributed by atoms with Gasteiger partial charge in [0.1, 0.15) is 12.6 Å². The van der Waals surface area contributed by atoms with Crippen molar-refractivity contribution in [2.24, 2.45) is 0 Å². The number of carbonyl (C=O) groups excluding carboxylic acids is 3. The van der Waals surface area contributed by atoms with Crippen LogP contribution in [0.15, 0.2) is 42.7 Å². The van der Waals surface area contributed by atoms with Gasteiger partial charge in [0, 0.05) is 44.1 Å². The van der Waals surface area contributed by atoms with Crippen LogP contribution in [0.4, 0.5) is 11.4 Å². The van der Waals surface area contributed by atoms with Gasteiger partial charge in [-0.15, -0.1) is 0 Å². The first kappa shape index (κ1) is 22.8. The fraction of sp³-hybridized carbons (Fsp3) is 0.440. The molecule has 8 nitrogen and oxygen atoms in total. The van der Waals surface area contributed by atoms with Crippen molar-refractivity contribution in [1.82, 2.24) is 15.2 Å². The second-order valence-corrected chi connectivity index (χ2v) is 8.45. The van der Waals surface area contributed by atoms with Crippen LogP contribution >= 0.6 is 0 Å². The van der Waals surface area contributed by atoms with Crippen LogP contribution in [0.25, 0.3) is 0 Å². The van der Waals surface area contributed by atoms with E-state index in [0.29, 0.717) is 30.9 Å². The first-order valence-electron chi connectivity index (χ1n) is 11.7. The number of amides is 3. The van der Waals surface area contributed by atoms with E-state index in [1.165, 1.54) is 0 Å². The van der Waals surface area contributed by atoms with Gasteiger partial charge >= 0.3 is 0 Å². The molecule has 174 valence electrons. The van der Waals surface area contributed by atoms with Crippen LogP contribution in [0.2, 0.25) is 0 Å². The monoisotopic (exact) mass is 449 g/mol. The summed E-state index contributed by atoms with van der Waals surface area (Å²) in [5.74, 6) is -0.397. The molecule has 4 rings (SSSR count). The fourth-order valence-corrected chi connectivity index (χ4v) is 4.65. The lowest BCUT2D eigenvalue weighted by Gasteiger charge is -2.45. The Morgan fingerprint density at radius 3 is 2.70 bits per heavy atom. The van der Waals surface area contributed by atoms with Crippen LogP contribution in [0.1, 0.15) is 49.0 Å². The lowest BCUT2D eigenvalue weighted by Crippen LogP contribution is -2.57. The second-order valence-electron chi connectivity index (χ2n) is 8.45. The molecule has 1 N–H and O–H groups in total. The Hall–Kier alpha value is -3.42. The second kappa shape index (κ2) is 10.0. The molecule has 2 aromatic rings. The van der Waals surface area contributed by atoms with E-state index in [0.717, 1.165) is 37.1 Å². The molecule has 0 radical (unpaired) electrons. The van der Waals surface area contributed by atoms with Crippen LogP contribution < -0.4 is 15.1 Å². The molecule has 1 aromatic carbocycles. The maximum absolute atomic E-state index is 13.5. The number of pyridine rings is 1. The summed E-state index contributed by atoms with van der Waals surface area (Å²) in [7, 11) is 0. The zero-order chi connectivity index (χ0) is 23.4. The number of benzene rings is 1. The number of hydrogen-bond acceptors (Lipinski definition) is 5. The molecule has 1 fully saturated rings. The van der Waals surface area contributed by atoms with E-state index in [2.05, 4.69) is 15.2 Å². The van der Waals surface area contributed by atoms with Gasteiger partial charge in [0.2, 0.25) is 11.8 Å². The minimum absolute atomic E-state index is 0.0722. The van der Waals surface area contributed by atoms with Crippen molar-refractivity contribution in [2.45, 2.75) is 45.7 Å². The van der Waals surface area contributed by atoms with Gasteiger partial charge in [-0.05, 0) is 62.9 Å². The lowest BCUT2D eigenvalue weighted by atomic mass is 9.95. The molecular formula is C25H31N5O3. The molecule has 33 heavy (non-hydrogen) atoms. The number of piperidine rings is 1. The van der Waals surface area contributed by atoms with E-state index in [4.69, 9.17) is 0 Å². The third-order valence-electron chi connectivity index (χ3n) is 6.44. The summed E-state index contributed by atoms with van der Waals surface area (Å²) in [6, 6.07) is 8.98. The van der Waals surface area contributed by atoms with Gasteiger partial charge in [0.15, 0.2) is 0 Å². The summed E-state index contributed by atoms with van der Waals surface area (Å²) in [5.41, 5.74) is 2.96. The Morgan fingerprint density at radius 2 is 1.97 bits per heavy atom. The largest absolute Gasteiger partial charge is 0.358 e. The summed E-state index contributed by atoms with van der Waals surface area (Å²) in [6.07, 6.45) is 6.16. The predicted octanol–water partition coefficient (Wildman–Crippen LogP) is 2.59. The van der Waals surface area contributed by atoms with Gasteiger partial charge in [0.05, 0.1) is 11.4 Å². The van der Waals surface area contributed by atoms with Crippen molar-refractivity contribution >= 4 is 29.1 Å². The number of nitrogens with one attached hydrogen (secondary N) is 1. The van der Waals surface area contributed by atoms with Crippen molar-refractivity contribution in [3.05, 3.63) is 53.9 Å². The van der Waals surface area contributed by atoms with Crippen LogP contribution in [0.3, 0.4) is 0 Å². The van der Waals surface area contributed by atoms with Gasteiger partial charge in [-0.3, -0.25) is 24.3 Å². The van der Waals surface area contributed by atoms with Crippen molar-refractivity contribution in [2.75, 3.05) is 36.0 Å². The molecule has 0 saturated carbocycles. The maximum atomic E-state index is 13.5. The molecule has 0 bridgehead atoms. The predicted molar refractivity (Wildman–Crippen MR) is 127 cm³/mol. The van der Waals surface area contributed by atoms with E-state index < -0.39 is 0 Å². The number of aromatic nitrogens is 1. The third-order valence-corrected chi connectivity index (χ3v) is 6.44. The Morgan fingerprint density at radius 1 is 1.15 bits per heavy atom. The minimum Gasteiger partial charge on any atom is -0.358 e. The van der Waals surface area contributed by atoms with E-state index in [-0.39, 0.29) is 30.3 Å². The summed E-state index contributed by atoms with van der Waals surface area (Å²) < 4.78 is 0. The van der Waals surface area contributed by atoms with Gasteiger partial charge in [0.25, 0.3) is 5.91 Å². The first-order valence-corrected chi connectivity index (χ1v) is 11.7. The van der Waals surface area contributed by atoms with Crippen LogP contribution in [-0.4, -0.2) is 59.8 Å². The highest BCUT2D eigenvalue weighted by Gasteiger charge is 2.40. The van der Waals surface area contributed by atoms with Crippen LogP contribution in [-0.2, 0) is 16.1 Å². The van der Waals surface area contributed by atoms with E-state index >= 15 is 0 Å². The molecule has 0 aliphatic carbocycles. The Bertz CT molecular complexity index is 1020. The highest BCUT2D eigenvalue weighted by Crippen LogP contribution is 2.40. The molecule has 1 atom stereocenters. The number of rotatable bonds is 7. The molecule has 0 spiro atoms. The van der Waals surface area contributed by atoms with E-state index in [9.17, 15) is 14.4 Å². The summed E-state index contributed by atoms with van der Waals surface area (Å²) in [5, 5.41) is 2.88. The molecule has 2 aliphatic heterocycles. The molecule has 1 aromatic heterocycles. The molecule has 3 amide bonds. The van der Waals surface area contributed by atoms with Crippen molar-refractivity contribution in [3.63, 3.8) is 0 Å². The Kier molecular flexibility index (Phi) is 6.91. The summed E-state index contributed by atoms with van der Waals surface area (Å²) in [4.78, 5) is 48.7. The summed E-state index contributed by atoms with van der Waals surface area (Å²) in [6.45, 7) is 6.17. The molecular weight excluding hydrogens is 418 g/mol. The lowest BCUT2D eigenvalue weighted by molar-refractivity contribution is -0.125. The SMILES string of the molecule is CCN(CC)C(=O)c1ccc2c(c1)N(CC(=O)NCc1cccnc1)C(=O)[C@H]1CCCCN21. The van der Waals surface area contributed by atoms with Crippen LogP contribution in [0, 0.1) is 0 Å². The van der Waals surface area contributed by atoms with Crippen molar-refractivity contribution < 1.29 is 14.4 Å². The van der Waals surface area contributed by atoms with Gasteiger partial charge in [-0.2, -0.15) is 0 Å². The first-order chi connectivity index (χ1) is 16.0. The zero-order valence-corrected chi connectivity index (χ0v) is 19.3. The highest BCUT2D eigenvalue weighted by molar-refractivity contribution is 6.09. The van der Waals surface area contributed by atoms with Crippen molar-refractivity contribution in [3.8, 4) is 0 Å². The smallest absolute Gasteiger partial charge is 0.253 e. The molecule has 3 heterocycles. The Balaban J connectivity index is 1.61. The zero-order valence-electron chi connectivity index (χ0n) is 19.3. The topological polar surface area (TPSA) is 85.9 Å². The number of fused-ring (bicyclic) bond motifs is 3. The summed E-state index contributed by atoms with van der Waals surface area (Å²) >= 11 is 0. The number of carbonyl (C=O) groups is 3. The van der Waals surface area contributed by atoms with Gasteiger partial charge in [-0.1, -0.05) is 6.07 Å². The number of anilines is 2. The van der Waals surface area contributed by atoms with Gasteiger partial charge in [-0.25, -0.2) is 0 Å². The highest BCUT2D eigenvalue weighted by atomic mass is 16.2. The fourth-order valence-electron chi connectivity index (χ4n) is 4.65. The maximum Gasteiger partial charge on any atom is 0.253 e. The van der Waals surface area contributed by atoms with Crippen molar-refractivity contribution in [1.29, 1.82) is 0 Å². The molecule has 0 unspecified atom stereocenters. The number of nitrogens with zero attached hydrogens (tertiary/aromatic N) is 4. The molecule has 1 saturated heterocycles. The quantitative estimate of drug-likeness (QED) is 0.702. The average Bonchev–Trinajstić information content (AvgIpc) is 2.86. The number of hydrogen-bond donors (Lipinski definition) is 1.